The van der Waals surface area contributed by atoms with Gasteiger partial charge in [-0.05, 0) is 36.6 Å². The van der Waals surface area contributed by atoms with Gasteiger partial charge >= 0.3 is 5.97 Å². The highest BCUT2D eigenvalue weighted by Gasteiger charge is 2.50. The van der Waals surface area contributed by atoms with Gasteiger partial charge in [-0.25, -0.2) is 4.79 Å². The van der Waals surface area contributed by atoms with E-state index in [-0.39, 0.29) is 30.4 Å². The van der Waals surface area contributed by atoms with Crippen LogP contribution >= 0.6 is 0 Å². The molecule has 0 radical (unpaired) electrons. The Morgan fingerprint density at radius 2 is 1.86 bits per heavy atom. The summed E-state index contributed by atoms with van der Waals surface area (Å²) in [4.78, 5) is 24.3. The number of carbonyl (C=O) groups excluding carboxylic acids is 2. The molecule has 152 valence electrons. The first-order valence-corrected chi connectivity index (χ1v) is 8.98. The monoisotopic (exact) mass is 393 g/mol. The summed E-state index contributed by atoms with van der Waals surface area (Å²) in [5.41, 5.74) is -1.53. The van der Waals surface area contributed by atoms with Crippen molar-refractivity contribution in [1.29, 1.82) is 0 Å². The second-order valence-corrected chi connectivity index (χ2v) is 7.30. The molecule has 2 aliphatic rings. The minimum Gasteiger partial charge on any atom is -0.504 e. The third-order valence-corrected chi connectivity index (χ3v) is 4.87. The first-order chi connectivity index (χ1) is 13.2. The maximum atomic E-state index is 12.3. The third-order valence-electron chi connectivity index (χ3n) is 4.87. The lowest BCUT2D eigenvalue weighted by molar-refractivity contribution is -0.187. The molecule has 2 aliphatic carbocycles. The van der Waals surface area contributed by atoms with Gasteiger partial charge in [-0.2, -0.15) is 0 Å². The van der Waals surface area contributed by atoms with Crippen LogP contribution in [0, 0.1) is 0 Å². The Kier molecular flexibility index (Phi) is 5.59. The first-order valence-electron chi connectivity index (χ1n) is 8.98. The number of hydrogen-bond acceptors (Lipinski definition) is 8. The van der Waals surface area contributed by atoms with E-state index >= 15 is 0 Å². The number of aromatic hydroxyl groups is 2. The topological polar surface area (TPSA) is 157 Å². The van der Waals surface area contributed by atoms with E-state index in [4.69, 9.17) is 4.74 Å². The Bertz CT molecular complexity index is 790. The zero-order valence-corrected chi connectivity index (χ0v) is 15.0. The van der Waals surface area contributed by atoms with Crippen LogP contribution in [-0.2, 0) is 14.3 Å². The second-order valence-electron chi connectivity index (χ2n) is 7.30. The predicted molar refractivity (Wildman–Crippen MR) is 96.0 cm³/mol. The Hall–Kier alpha value is -2.62. The van der Waals surface area contributed by atoms with E-state index in [1.807, 2.05) is 0 Å². The normalized spacial score (nSPS) is 30.2. The number of esters is 1. The van der Waals surface area contributed by atoms with Crippen LogP contribution in [0.1, 0.15) is 31.2 Å². The van der Waals surface area contributed by atoms with Crippen molar-refractivity contribution in [2.24, 2.45) is 0 Å². The van der Waals surface area contributed by atoms with Crippen molar-refractivity contribution in [2.45, 2.75) is 55.6 Å². The molecule has 2 saturated carbocycles. The largest absolute Gasteiger partial charge is 0.504 e. The van der Waals surface area contributed by atoms with Gasteiger partial charge < -0.3 is 35.6 Å². The molecule has 0 unspecified atom stereocenters. The number of rotatable bonds is 5. The lowest BCUT2D eigenvalue weighted by Crippen LogP contribution is -2.60. The SMILES string of the molecule is O=C(C=Cc1ccc(O)c(O)c1)O[C@@H]1C[C@](O)(C(=O)NC2CC2)C[C@@H](O)[C@H]1O. The summed E-state index contributed by atoms with van der Waals surface area (Å²) in [6.07, 6.45) is -0.853. The Morgan fingerprint density at radius 3 is 2.50 bits per heavy atom. The summed E-state index contributed by atoms with van der Waals surface area (Å²) in [5.74, 6) is -2.18. The van der Waals surface area contributed by atoms with Crippen LogP contribution in [0.2, 0.25) is 0 Å². The molecule has 0 aliphatic heterocycles. The lowest BCUT2D eigenvalue weighted by atomic mass is 9.79. The van der Waals surface area contributed by atoms with Crippen LogP contribution in [0.25, 0.3) is 6.08 Å². The van der Waals surface area contributed by atoms with Crippen LogP contribution in [0.4, 0.5) is 0 Å². The second kappa shape index (κ2) is 7.78. The van der Waals surface area contributed by atoms with Crippen molar-refractivity contribution in [1.82, 2.24) is 5.32 Å². The fourth-order valence-electron chi connectivity index (χ4n) is 3.09. The van der Waals surface area contributed by atoms with Gasteiger partial charge in [0.15, 0.2) is 11.5 Å². The Labute approximate surface area is 160 Å². The average molecular weight is 393 g/mol. The van der Waals surface area contributed by atoms with Crippen LogP contribution < -0.4 is 5.32 Å². The van der Waals surface area contributed by atoms with E-state index in [2.05, 4.69) is 5.32 Å². The molecule has 6 N–H and O–H groups in total. The molecule has 4 atom stereocenters. The minimum absolute atomic E-state index is 0.00572. The van der Waals surface area contributed by atoms with Crippen LogP contribution in [0.5, 0.6) is 11.5 Å². The number of aliphatic hydroxyl groups excluding tert-OH is 2. The van der Waals surface area contributed by atoms with E-state index in [9.17, 15) is 35.1 Å². The number of hydrogen-bond donors (Lipinski definition) is 6. The number of nitrogens with one attached hydrogen (secondary N) is 1. The van der Waals surface area contributed by atoms with Crippen LogP contribution in [0.15, 0.2) is 24.3 Å². The van der Waals surface area contributed by atoms with Gasteiger partial charge in [0, 0.05) is 25.0 Å². The summed E-state index contributed by atoms with van der Waals surface area (Å²) >= 11 is 0. The van der Waals surface area contributed by atoms with Crippen LogP contribution in [-0.4, -0.2) is 67.4 Å². The maximum Gasteiger partial charge on any atom is 0.331 e. The number of carbonyl (C=O) groups is 2. The molecular weight excluding hydrogens is 370 g/mol. The van der Waals surface area contributed by atoms with E-state index in [1.54, 1.807) is 0 Å². The van der Waals surface area contributed by atoms with E-state index in [0.717, 1.165) is 18.9 Å². The average Bonchev–Trinajstić information content (AvgIpc) is 3.44. The number of ether oxygens (including phenoxy) is 1. The summed E-state index contributed by atoms with van der Waals surface area (Å²) in [6, 6.07) is 3.95. The quantitative estimate of drug-likeness (QED) is 0.223. The van der Waals surface area contributed by atoms with Gasteiger partial charge in [0.2, 0.25) is 0 Å². The molecular formula is C19H23NO8. The number of phenolic OH excluding ortho intramolecular Hbond substituents is 2. The number of aliphatic hydroxyl groups is 3. The van der Waals surface area contributed by atoms with Crippen molar-refractivity contribution >= 4 is 18.0 Å². The van der Waals surface area contributed by atoms with Gasteiger partial charge in [0.05, 0.1) is 6.10 Å². The van der Waals surface area contributed by atoms with Gasteiger partial charge in [-0.1, -0.05) is 6.07 Å². The predicted octanol–water partition coefficient (Wildman–Crippen LogP) is -0.452. The number of benzene rings is 1. The summed E-state index contributed by atoms with van der Waals surface area (Å²) < 4.78 is 5.13. The Morgan fingerprint density at radius 1 is 1.14 bits per heavy atom. The van der Waals surface area contributed by atoms with Crippen molar-refractivity contribution in [2.75, 3.05) is 0 Å². The zero-order valence-electron chi connectivity index (χ0n) is 15.0. The number of amides is 1. The number of phenols is 2. The lowest BCUT2D eigenvalue weighted by Gasteiger charge is -2.40. The molecule has 1 aromatic rings. The molecule has 0 bridgehead atoms. The van der Waals surface area contributed by atoms with Crippen molar-refractivity contribution < 1.29 is 39.9 Å². The molecule has 0 spiro atoms. The summed E-state index contributed by atoms with van der Waals surface area (Å²) in [7, 11) is 0. The van der Waals surface area contributed by atoms with E-state index in [1.165, 1.54) is 24.3 Å². The highest BCUT2D eigenvalue weighted by molar-refractivity contribution is 5.88. The molecule has 0 aromatic heterocycles. The molecule has 1 amide bonds. The van der Waals surface area contributed by atoms with E-state index in [0.29, 0.717) is 5.56 Å². The van der Waals surface area contributed by atoms with Crippen molar-refractivity contribution in [3.8, 4) is 11.5 Å². The smallest absolute Gasteiger partial charge is 0.331 e. The fraction of sp³-hybridized carbons (Fsp3) is 0.474. The molecule has 28 heavy (non-hydrogen) atoms. The van der Waals surface area contributed by atoms with Gasteiger partial charge in [0.1, 0.15) is 17.8 Å². The van der Waals surface area contributed by atoms with Gasteiger partial charge in [-0.15, -0.1) is 0 Å². The molecule has 2 fully saturated rings. The maximum absolute atomic E-state index is 12.3. The first kappa shape index (κ1) is 20.1. The molecule has 9 nitrogen and oxygen atoms in total. The van der Waals surface area contributed by atoms with Crippen LogP contribution in [0.3, 0.4) is 0 Å². The summed E-state index contributed by atoms with van der Waals surface area (Å²) in [6.45, 7) is 0. The van der Waals surface area contributed by atoms with E-state index < -0.39 is 35.8 Å². The Balaban J connectivity index is 1.64. The zero-order chi connectivity index (χ0) is 20.5. The standard InChI is InChI=1S/C19H23NO8/c21-12-5-1-10(7-13(12)22)2-6-16(24)28-15-9-19(27,8-14(23)17(15)25)18(26)20-11-3-4-11/h1-2,5-7,11,14-15,17,21-23,25,27H,3-4,8-9H2,(H,20,26)/t14-,15-,17-,19+/m1/s1. The molecule has 3 rings (SSSR count). The molecule has 0 saturated heterocycles. The highest BCUT2D eigenvalue weighted by atomic mass is 16.6. The van der Waals surface area contributed by atoms with Gasteiger partial charge in [-0.3, -0.25) is 4.79 Å². The molecule has 9 heteroatoms. The molecule has 0 heterocycles. The summed E-state index contributed by atoms with van der Waals surface area (Å²) in [5, 5.41) is 52.1. The third kappa shape index (κ3) is 4.61. The minimum atomic E-state index is -1.95. The fourth-order valence-corrected chi connectivity index (χ4v) is 3.09. The van der Waals surface area contributed by atoms with Crippen molar-refractivity contribution in [3.63, 3.8) is 0 Å². The van der Waals surface area contributed by atoms with Gasteiger partial charge in [0.25, 0.3) is 5.91 Å². The molecule has 1 aromatic carbocycles. The highest BCUT2D eigenvalue weighted by Crippen LogP contribution is 2.33. The van der Waals surface area contributed by atoms with Crippen molar-refractivity contribution in [3.05, 3.63) is 29.8 Å².